The normalized spacial score (nSPS) is 10.4. The Hall–Kier alpha value is -3.13. The van der Waals surface area contributed by atoms with E-state index in [4.69, 9.17) is 14.2 Å². The van der Waals surface area contributed by atoms with Crippen LogP contribution in [0.4, 0.5) is 5.13 Å². The molecule has 0 radical (unpaired) electrons. The largest absolute Gasteiger partial charge is 0.497 e. The van der Waals surface area contributed by atoms with Gasteiger partial charge in [0, 0.05) is 12.6 Å². The Morgan fingerprint density at radius 1 is 0.963 bits per heavy atom. The summed E-state index contributed by atoms with van der Waals surface area (Å²) in [4.78, 5) is 14.4. The molecule has 0 fully saturated rings. The summed E-state index contributed by atoms with van der Waals surface area (Å²) in [5.74, 6) is 1.38. The number of hydrogen-bond acceptors (Lipinski definition) is 7. The van der Waals surface area contributed by atoms with E-state index in [0.29, 0.717) is 27.2 Å². The molecule has 0 aliphatic heterocycles. The number of para-hydroxylation sites is 1. The summed E-state index contributed by atoms with van der Waals surface area (Å²) in [7, 11) is 6.30. The average molecular weight is 385 g/mol. The van der Waals surface area contributed by atoms with E-state index < -0.39 is 0 Å². The molecule has 0 N–H and O–H groups in total. The Kier molecular flexibility index (Phi) is 5.56. The smallest absolute Gasteiger partial charge is 0.263 e. The number of amides is 1. The van der Waals surface area contributed by atoms with Crippen molar-refractivity contribution in [3.05, 3.63) is 48.0 Å². The van der Waals surface area contributed by atoms with E-state index in [1.165, 1.54) is 30.5 Å². The van der Waals surface area contributed by atoms with Gasteiger partial charge in [-0.3, -0.25) is 9.69 Å². The van der Waals surface area contributed by atoms with Gasteiger partial charge in [0.15, 0.2) is 11.5 Å². The van der Waals surface area contributed by atoms with Gasteiger partial charge in [0.25, 0.3) is 5.91 Å². The van der Waals surface area contributed by atoms with E-state index in [0.717, 1.165) is 11.3 Å². The zero-order valence-corrected chi connectivity index (χ0v) is 16.2. The Balaban J connectivity index is 1.87. The van der Waals surface area contributed by atoms with Crippen molar-refractivity contribution >= 4 is 22.4 Å². The topological polar surface area (TPSA) is 73.8 Å². The monoisotopic (exact) mass is 385 g/mol. The van der Waals surface area contributed by atoms with Crippen molar-refractivity contribution in [3.8, 4) is 27.8 Å². The summed E-state index contributed by atoms with van der Waals surface area (Å²) in [5, 5.41) is 9.54. The molecule has 3 rings (SSSR count). The average Bonchev–Trinajstić information content (AvgIpc) is 3.22. The number of carbonyl (C=O) groups is 1. The van der Waals surface area contributed by atoms with E-state index in [-0.39, 0.29) is 5.91 Å². The van der Waals surface area contributed by atoms with Gasteiger partial charge in [0.2, 0.25) is 5.13 Å². The van der Waals surface area contributed by atoms with Crippen LogP contribution in [-0.4, -0.2) is 44.5 Å². The first-order valence-corrected chi connectivity index (χ1v) is 8.87. The highest BCUT2D eigenvalue weighted by Crippen LogP contribution is 2.34. The van der Waals surface area contributed by atoms with Crippen molar-refractivity contribution in [2.75, 3.05) is 33.3 Å². The van der Waals surface area contributed by atoms with Gasteiger partial charge in [-0.05, 0) is 36.4 Å². The second-order valence-corrected chi connectivity index (χ2v) is 6.48. The first-order chi connectivity index (χ1) is 13.1. The number of ether oxygens (including phenoxy) is 3. The molecule has 1 amide bonds. The van der Waals surface area contributed by atoms with Crippen LogP contribution in [0.25, 0.3) is 10.6 Å². The lowest BCUT2D eigenvalue weighted by molar-refractivity contribution is 0.0989. The minimum atomic E-state index is -0.261. The molecule has 1 aromatic heterocycles. The molecule has 8 heteroatoms. The van der Waals surface area contributed by atoms with Gasteiger partial charge in [-0.15, -0.1) is 10.2 Å². The third-order valence-corrected chi connectivity index (χ3v) is 5.03. The Morgan fingerprint density at radius 3 is 2.33 bits per heavy atom. The lowest BCUT2D eigenvalue weighted by Gasteiger charge is -2.16. The van der Waals surface area contributed by atoms with Crippen LogP contribution >= 0.6 is 11.3 Å². The molecular formula is C19H19N3O4S. The van der Waals surface area contributed by atoms with Gasteiger partial charge in [0.1, 0.15) is 10.8 Å². The summed E-state index contributed by atoms with van der Waals surface area (Å²) >= 11 is 1.32. The maximum absolute atomic E-state index is 12.9. The number of benzene rings is 2. The van der Waals surface area contributed by atoms with Crippen molar-refractivity contribution in [1.29, 1.82) is 0 Å². The van der Waals surface area contributed by atoms with Crippen LogP contribution < -0.4 is 19.1 Å². The number of aromatic nitrogens is 2. The fourth-order valence-corrected chi connectivity index (χ4v) is 3.33. The van der Waals surface area contributed by atoms with Crippen LogP contribution in [-0.2, 0) is 0 Å². The van der Waals surface area contributed by atoms with Crippen LogP contribution in [0, 0.1) is 0 Å². The Bertz CT molecular complexity index is 940. The molecule has 3 aromatic rings. The molecule has 0 spiro atoms. The van der Waals surface area contributed by atoms with Gasteiger partial charge in [-0.1, -0.05) is 17.4 Å². The summed E-state index contributed by atoms with van der Waals surface area (Å²) in [6.45, 7) is 0. The fraction of sp³-hybridized carbons (Fsp3) is 0.211. The van der Waals surface area contributed by atoms with Crippen molar-refractivity contribution in [1.82, 2.24) is 10.2 Å². The molecule has 0 aliphatic carbocycles. The summed E-state index contributed by atoms with van der Waals surface area (Å²) in [6.07, 6.45) is 0. The first-order valence-electron chi connectivity index (χ1n) is 8.06. The first kappa shape index (κ1) is 18.7. The molecule has 2 aromatic carbocycles. The number of hydrogen-bond donors (Lipinski definition) is 0. The van der Waals surface area contributed by atoms with Gasteiger partial charge < -0.3 is 14.2 Å². The minimum absolute atomic E-state index is 0.261. The zero-order chi connectivity index (χ0) is 19.4. The van der Waals surface area contributed by atoms with Crippen molar-refractivity contribution in [3.63, 3.8) is 0 Å². The summed E-state index contributed by atoms with van der Waals surface area (Å²) < 4.78 is 15.8. The van der Waals surface area contributed by atoms with Crippen LogP contribution in [0.5, 0.6) is 17.2 Å². The van der Waals surface area contributed by atoms with Crippen molar-refractivity contribution < 1.29 is 19.0 Å². The van der Waals surface area contributed by atoms with E-state index in [9.17, 15) is 4.79 Å². The Morgan fingerprint density at radius 2 is 1.70 bits per heavy atom. The molecule has 0 saturated carbocycles. The second kappa shape index (κ2) is 8.05. The number of anilines is 1. The molecule has 0 unspecified atom stereocenters. The van der Waals surface area contributed by atoms with E-state index in [1.807, 2.05) is 24.3 Å². The number of rotatable bonds is 6. The highest BCUT2D eigenvalue weighted by Gasteiger charge is 2.23. The van der Waals surface area contributed by atoms with Gasteiger partial charge >= 0.3 is 0 Å². The summed E-state index contributed by atoms with van der Waals surface area (Å²) in [6, 6.07) is 12.7. The minimum Gasteiger partial charge on any atom is -0.497 e. The molecule has 0 aliphatic rings. The van der Waals surface area contributed by atoms with Crippen LogP contribution in [0.15, 0.2) is 42.5 Å². The standard InChI is InChI=1S/C19H19N3O4S/c1-22(18(23)14-6-5-7-15(25-3)16(14)26-4)19-21-20-17(27-19)12-8-10-13(24-2)11-9-12/h5-11H,1-4H3. The SMILES string of the molecule is COc1ccc(-c2nnc(N(C)C(=O)c3cccc(OC)c3OC)s2)cc1. The predicted molar refractivity (Wildman–Crippen MR) is 104 cm³/mol. The van der Waals surface area contributed by atoms with Crippen molar-refractivity contribution in [2.45, 2.75) is 0 Å². The van der Waals surface area contributed by atoms with Gasteiger partial charge in [-0.25, -0.2) is 0 Å². The lowest BCUT2D eigenvalue weighted by atomic mass is 10.1. The number of carbonyl (C=O) groups excluding carboxylic acids is 1. The molecule has 1 heterocycles. The van der Waals surface area contributed by atoms with Crippen LogP contribution in [0.3, 0.4) is 0 Å². The maximum Gasteiger partial charge on any atom is 0.263 e. The molecular weight excluding hydrogens is 366 g/mol. The molecule has 0 saturated heterocycles. The van der Waals surface area contributed by atoms with Crippen LogP contribution in [0.1, 0.15) is 10.4 Å². The number of methoxy groups -OCH3 is 3. The lowest BCUT2D eigenvalue weighted by Crippen LogP contribution is -2.26. The fourth-order valence-electron chi connectivity index (χ4n) is 2.52. The summed E-state index contributed by atoms with van der Waals surface area (Å²) in [5.41, 5.74) is 1.29. The Labute approximate surface area is 161 Å². The quantitative estimate of drug-likeness (QED) is 0.646. The number of nitrogens with zero attached hydrogens (tertiary/aromatic N) is 3. The molecule has 140 valence electrons. The molecule has 0 atom stereocenters. The molecule has 7 nitrogen and oxygen atoms in total. The maximum atomic E-state index is 12.9. The molecule has 27 heavy (non-hydrogen) atoms. The van der Waals surface area contributed by atoms with E-state index in [2.05, 4.69) is 10.2 Å². The third-order valence-electron chi connectivity index (χ3n) is 3.98. The van der Waals surface area contributed by atoms with Crippen molar-refractivity contribution in [2.24, 2.45) is 0 Å². The highest BCUT2D eigenvalue weighted by atomic mass is 32.1. The highest BCUT2D eigenvalue weighted by molar-refractivity contribution is 7.18. The second-order valence-electron chi connectivity index (χ2n) is 5.52. The van der Waals surface area contributed by atoms with Gasteiger partial charge in [-0.2, -0.15) is 0 Å². The van der Waals surface area contributed by atoms with E-state index >= 15 is 0 Å². The van der Waals surface area contributed by atoms with E-state index in [1.54, 1.807) is 32.4 Å². The molecule has 0 bridgehead atoms. The van der Waals surface area contributed by atoms with Crippen LogP contribution in [0.2, 0.25) is 0 Å². The predicted octanol–water partition coefficient (Wildman–Crippen LogP) is 3.51. The van der Waals surface area contributed by atoms with Gasteiger partial charge in [0.05, 0.1) is 26.9 Å². The third kappa shape index (κ3) is 3.70. The zero-order valence-electron chi connectivity index (χ0n) is 15.4.